The van der Waals surface area contributed by atoms with E-state index in [0.29, 0.717) is 6.04 Å². The number of ether oxygens (including phenoxy) is 1. The number of aromatic nitrogens is 2. The summed E-state index contributed by atoms with van der Waals surface area (Å²) in [5, 5.41) is 1.47. The van der Waals surface area contributed by atoms with Crippen LogP contribution in [0, 0.1) is 0 Å². The highest BCUT2D eigenvalue weighted by atomic mass is 35.5. The Kier molecular flexibility index (Phi) is 6.75. The van der Waals surface area contributed by atoms with Crippen molar-refractivity contribution < 1.29 is 4.74 Å². The van der Waals surface area contributed by atoms with Crippen molar-refractivity contribution >= 4 is 35.0 Å². The molecule has 0 saturated carbocycles. The minimum Gasteiger partial charge on any atom is -0.378 e. The maximum absolute atomic E-state index is 6.38. The topological polar surface area (TPSA) is 44.7 Å². The first-order valence-electron chi connectivity index (χ1n) is 10.2. The number of likely N-dealkylation sites (N-methyl/N-ethyl adjacent to an activating group) is 1. The first-order valence-corrected chi connectivity index (χ1v) is 10.9. The van der Waals surface area contributed by atoms with Crippen LogP contribution in [0.3, 0.4) is 0 Å². The molecule has 29 heavy (non-hydrogen) atoms. The fraction of sp³-hybridized carbons (Fsp3) is 0.524. The summed E-state index contributed by atoms with van der Waals surface area (Å²) in [6.07, 6.45) is 4.13. The lowest BCUT2D eigenvalue weighted by molar-refractivity contribution is 0.122. The second kappa shape index (κ2) is 9.47. The van der Waals surface area contributed by atoms with Crippen molar-refractivity contribution in [1.29, 1.82) is 0 Å². The molecule has 0 spiro atoms. The Hall–Kier alpha value is -1.60. The largest absolute Gasteiger partial charge is 0.378 e. The predicted molar refractivity (Wildman–Crippen MR) is 118 cm³/mol. The first kappa shape index (κ1) is 20.7. The summed E-state index contributed by atoms with van der Waals surface area (Å²) in [4.78, 5) is 16.2. The molecular weight excluding hydrogens is 409 g/mol. The van der Waals surface area contributed by atoms with Crippen LogP contribution in [0.2, 0.25) is 10.0 Å². The van der Waals surface area contributed by atoms with Gasteiger partial charge in [0.2, 0.25) is 5.95 Å². The summed E-state index contributed by atoms with van der Waals surface area (Å²) in [7, 11) is 2.13. The van der Waals surface area contributed by atoms with Gasteiger partial charge in [0.15, 0.2) is 0 Å². The van der Waals surface area contributed by atoms with E-state index in [0.717, 1.165) is 86.2 Å². The summed E-state index contributed by atoms with van der Waals surface area (Å²) in [6, 6.07) is 8.09. The summed E-state index contributed by atoms with van der Waals surface area (Å²) >= 11 is 12.8. The number of halogens is 2. The molecule has 1 unspecified atom stereocenters. The fourth-order valence-electron chi connectivity index (χ4n) is 4.04. The highest BCUT2D eigenvalue weighted by molar-refractivity contribution is 6.35. The van der Waals surface area contributed by atoms with Crippen molar-refractivity contribution in [3.63, 3.8) is 0 Å². The van der Waals surface area contributed by atoms with Crippen LogP contribution >= 0.6 is 23.2 Å². The number of hydrogen-bond acceptors (Lipinski definition) is 6. The molecule has 0 radical (unpaired) electrons. The molecule has 2 saturated heterocycles. The van der Waals surface area contributed by atoms with Gasteiger partial charge >= 0.3 is 0 Å². The second-order valence-electron chi connectivity index (χ2n) is 7.66. The SMILES string of the molecule is CN(c1ccnc(N2CCOCC2)n1)C1CCCN(Cc2c(Cl)cccc2Cl)C1. The van der Waals surface area contributed by atoms with Crippen molar-refractivity contribution in [3.05, 3.63) is 46.1 Å². The highest BCUT2D eigenvalue weighted by Crippen LogP contribution is 2.28. The minimum atomic E-state index is 0.387. The van der Waals surface area contributed by atoms with Gasteiger partial charge < -0.3 is 14.5 Å². The average molecular weight is 436 g/mol. The zero-order chi connectivity index (χ0) is 20.2. The summed E-state index contributed by atoms with van der Waals surface area (Å²) in [5.74, 6) is 1.75. The van der Waals surface area contributed by atoms with Crippen LogP contribution in [0.25, 0.3) is 0 Å². The number of likely N-dealkylation sites (tertiary alicyclic amines) is 1. The van der Waals surface area contributed by atoms with E-state index in [9.17, 15) is 0 Å². The lowest BCUT2D eigenvalue weighted by Gasteiger charge is -2.38. The Bertz CT molecular complexity index is 810. The molecule has 8 heteroatoms. The molecule has 2 aliphatic heterocycles. The van der Waals surface area contributed by atoms with Crippen molar-refractivity contribution in [2.75, 3.05) is 56.2 Å². The third-order valence-corrected chi connectivity index (χ3v) is 6.46. The van der Waals surface area contributed by atoms with E-state index >= 15 is 0 Å². The van der Waals surface area contributed by atoms with Crippen molar-refractivity contribution in [2.24, 2.45) is 0 Å². The molecule has 1 aromatic heterocycles. The number of hydrogen-bond donors (Lipinski definition) is 0. The molecule has 2 aliphatic rings. The van der Waals surface area contributed by atoms with Crippen LogP contribution in [0.15, 0.2) is 30.5 Å². The molecular formula is C21H27Cl2N5O. The molecule has 0 N–H and O–H groups in total. The maximum atomic E-state index is 6.38. The lowest BCUT2D eigenvalue weighted by atomic mass is 10.0. The molecule has 2 aromatic rings. The lowest BCUT2D eigenvalue weighted by Crippen LogP contribution is -2.46. The fourth-order valence-corrected chi connectivity index (χ4v) is 4.55. The van der Waals surface area contributed by atoms with Crippen molar-refractivity contribution in [3.8, 4) is 0 Å². The van der Waals surface area contributed by atoms with Crippen LogP contribution in [-0.4, -0.2) is 67.4 Å². The molecule has 2 fully saturated rings. The number of nitrogens with zero attached hydrogens (tertiary/aromatic N) is 5. The van der Waals surface area contributed by atoms with Gasteiger partial charge in [-0.1, -0.05) is 29.3 Å². The standard InChI is InChI=1S/C21H27Cl2N5O/c1-26(20-7-8-24-21(25-20)28-10-12-29-13-11-28)16-4-3-9-27(14-16)15-17-18(22)5-2-6-19(17)23/h2,5-8,16H,3-4,9-15H2,1H3. The predicted octanol–water partition coefficient (Wildman–Crippen LogP) is 3.72. The normalized spacial score (nSPS) is 20.7. The average Bonchev–Trinajstić information content (AvgIpc) is 2.77. The third-order valence-electron chi connectivity index (χ3n) is 5.76. The van der Waals surface area contributed by atoms with Gasteiger partial charge in [-0.15, -0.1) is 0 Å². The minimum absolute atomic E-state index is 0.387. The van der Waals surface area contributed by atoms with Crippen molar-refractivity contribution in [1.82, 2.24) is 14.9 Å². The molecule has 4 rings (SSSR count). The number of anilines is 2. The highest BCUT2D eigenvalue weighted by Gasteiger charge is 2.26. The molecule has 6 nitrogen and oxygen atoms in total. The zero-order valence-electron chi connectivity index (χ0n) is 16.7. The molecule has 156 valence electrons. The Balaban J connectivity index is 1.44. The van der Waals surface area contributed by atoms with Gasteiger partial charge in [-0.2, -0.15) is 4.98 Å². The van der Waals surface area contributed by atoms with Crippen molar-refractivity contribution in [2.45, 2.75) is 25.4 Å². The second-order valence-corrected chi connectivity index (χ2v) is 8.47. The monoisotopic (exact) mass is 435 g/mol. The van der Waals surface area contributed by atoms with Crippen LogP contribution in [0.1, 0.15) is 18.4 Å². The molecule has 3 heterocycles. The van der Waals surface area contributed by atoms with E-state index in [2.05, 4.69) is 26.7 Å². The van der Waals surface area contributed by atoms with E-state index in [4.69, 9.17) is 32.9 Å². The molecule has 1 atom stereocenters. The smallest absolute Gasteiger partial charge is 0.227 e. The van der Waals surface area contributed by atoms with Gasteiger partial charge in [-0.3, -0.25) is 4.90 Å². The van der Waals surface area contributed by atoms with Gasteiger partial charge in [0.1, 0.15) is 5.82 Å². The Morgan fingerprint density at radius 1 is 1.14 bits per heavy atom. The number of morpholine rings is 1. The quantitative estimate of drug-likeness (QED) is 0.712. The zero-order valence-corrected chi connectivity index (χ0v) is 18.2. The van der Waals surface area contributed by atoms with Gasteiger partial charge in [0.25, 0.3) is 0 Å². The number of rotatable bonds is 5. The Morgan fingerprint density at radius 3 is 2.66 bits per heavy atom. The van der Waals surface area contributed by atoms with E-state index in [-0.39, 0.29) is 0 Å². The van der Waals surface area contributed by atoms with Crippen LogP contribution in [0.5, 0.6) is 0 Å². The number of piperidine rings is 1. The van der Waals surface area contributed by atoms with Gasteiger partial charge in [-0.05, 0) is 37.6 Å². The van der Waals surface area contributed by atoms with E-state index < -0.39 is 0 Å². The van der Waals surface area contributed by atoms with Gasteiger partial charge in [0.05, 0.1) is 13.2 Å². The summed E-state index contributed by atoms with van der Waals surface area (Å²) in [5.41, 5.74) is 1.01. The number of benzene rings is 1. The Morgan fingerprint density at radius 2 is 1.90 bits per heavy atom. The third kappa shape index (κ3) is 4.94. The first-order chi connectivity index (χ1) is 14.1. The van der Waals surface area contributed by atoms with Crippen LogP contribution in [0.4, 0.5) is 11.8 Å². The van der Waals surface area contributed by atoms with E-state index in [1.165, 1.54) is 0 Å². The molecule has 0 amide bonds. The van der Waals surface area contributed by atoms with E-state index in [1.807, 2.05) is 30.5 Å². The summed E-state index contributed by atoms with van der Waals surface area (Å²) < 4.78 is 5.44. The van der Waals surface area contributed by atoms with Gasteiger partial charge in [-0.25, -0.2) is 4.98 Å². The Labute approximate surface area is 182 Å². The van der Waals surface area contributed by atoms with Crippen LogP contribution in [-0.2, 0) is 11.3 Å². The molecule has 0 bridgehead atoms. The van der Waals surface area contributed by atoms with Gasteiger partial charge in [0, 0.05) is 61.1 Å². The van der Waals surface area contributed by atoms with Crippen LogP contribution < -0.4 is 9.80 Å². The van der Waals surface area contributed by atoms with E-state index in [1.54, 1.807) is 0 Å². The molecule has 0 aliphatic carbocycles. The summed E-state index contributed by atoms with van der Waals surface area (Å²) in [6.45, 7) is 5.90. The maximum Gasteiger partial charge on any atom is 0.227 e. The molecule has 1 aromatic carbocycles.